The minimum absolute atomic E-state index is 0.159. The van der Waals surface area contributed by atoms with E-state index in [4.69, 9.17) is 4.74 Å². The van der Waals surface area contributed by atoms with Crippen molar-refractivity contribution >= 4 is 29.1 Å². The third-order valence-corrected chi connectivity index (χ3v) is 8.81. The molecule has 2 saturated heterocycles. The van der Waals surface area contributed by atoms with Crippen LogP contribution >= 0.6 is 11.3 Å². The number of ether oxygens (including phenoxy) is 1. The maximum absolute atomic E-state index is 13.3. The Kier molecular flexibility index (Phi) is 8.83. The first-order chi connectivity index (χ1) is 16.6. The van der Waals surface area contributed by atoms with Gasteiger partial charge in [-0.1, -0.05) is 27.7 Å². The van der Waals surface area contributed by atoms with Crippen LogP contribution in [0.1, 0.15) is 77.9 Å². The third-order valence-electron chi connectivity index (χ3n) is 8.02. The average molecular weight is 523 g/mol. The minimum atomic E-state index is -1.23. The number of ketones is 1. The molecule has 0 bridgehead atoms. The van der Waals surface area contributed by atoms with Gasteiger partial charge in [0.1, 0.15) is 5.78 Å². The monoisotopic (exact) mass is 522 g/mol. The molecule has 0 spiro atoms. The van der Waals surface area contributed by atoms with Gasteiger partial charge in [-0.3, -0.25) is 9.59 Å². The topological polar surface area (TPSA) is 132 Å². The summed E-state index contributed by atoms with van der Waals surface area (Å²) in [5.41, 5.74) is -0.0445. The fourth-order valence-corrected chi connectivity index (χ4v) is 5.89. The van der Waals surface area contributed by atoms with Crippen molar-refractivity contribution in [1.29, 1.82) is 0 Å². The standard InChI is InChI=1S/C27H42N2O6S/c1-14(8-18-13-36-17(4)28-18)20-10-22-27(7,35-22)12-19(30)9-15(2)24(33)16(3)25(34)26(5,6)21(31)11-23(32)29-20/h8,13,15-16,19-22,24,30-31,33H,9-12H2,1-7H3,(H,29,32)/b14-8+/t15-,16+,19?,20-,21-,22-,24-,27+/m0/s1. The van der Waals surface area contributed by atoms with Crippen LogP contribution < -0.4 is 5.32 Å². The van der Waals surface area contributed by atoms with Crippen molar-refractivity contribution in [1.82, 2.24) is 10.3 Å². The zero-order valence-corrected chi connectivity index (χ0v) is 23.3. The molecule has 9 heteroatoms. The van der Waals surface area contributed by atoms with E-state index in [1.165, 1.54) is 0 Å². The molecule has 2 aliphatic rings. The van der Waals surface area contributed by atoms with Crippen molar-refractivity contribution in [3.8, 4) is 0 Å². The molecule has 1 aromatic heterocycles. The summed E-state index contributed by atoms with van der Waals surface area (Å²) in [6, 6.07) is -0.359. The summed E-state index contributed by atoms with van der Waals surface area (Å²) in [5.74, 6) is -1.77. The first-order valence-electron chi connectivity index (χ1n) is 12.8. The molecule has 36 heavy (non-hydrogen) atoms. The number of aromatic nitrogens is 1. The van der Waals surface area contributed by atoms with Crippen molar-refractivity contribution in [2.75, 3.05) is 0 Å². The molecule has 8 nitrogen and oxygen atoms in total. The van der Waals surface area contributed by atoms with E-state index in [1.54, 1.807) is 32.1 Å². The molecular weight excluding hydrogens is 480 g/mol. The van der Waals surface area contributed by atoms with Crippen LogP contribution in [0, 0.1) is 24.2 Å². The Balaban J connectivity index is 1.89. The number of amides is 1. The van der Waals surface area contributed by atoms with Gasteiger partial charge in [0.25, 0.3) is 0 Å². The van der Waals surface area contributed by atoms with Gasteiger partial charge in [0, 0.05) is 24.1 Å². The fraction of sp³-hybridized carbons (Fsp3) is 0.741. The summed E-state index contributed by atoms with van der Waals surface area (Å²) in [6.07, 6.45) is -0.125. The Morgan fingerprint density at radius 3 is 2.47 bits per heavy atom. The number of nitrogens with one attached hydrogen (secondary N) is 1. The molecule has 202 valence electrons. The summed E-state index contributed by atoms with van der Waals surface area (Å²) in [7, 11) is 0. The lowest BCUT2D eigenvalue weighted by Gasteiger charge is -2.35. The molecule has 2 aliphatic heterocycles. The normalized spacial score (nSPS) is 38.8. The number of hydrogen-bond acceptors (Lipinski definition) is 8. The van der Waals surface area contributed by atoms with Gasteiger partial charge in [0.2, 0.25) is 5.91 Å². The predicted octanol–water partition coefficient (Wildman–Crippen LogP) is 3.02. The van der Waals surface area contributed by atoms with Gasteiger partial charge in [-0.25, -0.2) is 4.98 Å². The van der Waals surface area contributed by atoms with Crippen LogP contribution in [0.2, 0.25) is 0 Å². The van der Waals surface area contributed by atoms with Gasteiger partial charge in [0.15, 0.2) is 0 Å². The number of rotatable bonds is 2. The molecule has 0 radical (unpaired) electrons. The van der Waals surface area contributed by atoms with Crippen molar-refractivity contribution < 1.29 is 29.6 Å². The van der Waals surface area contributed by atoms with Gasteiger partial charge >= 0.3 is 0 Å². The number of thiazole rings is 1. The van der Waals surface area contributed by atoms with Crippen LogP contribution in [0.15, 0.2) is 11.0 Å². The number of nitrogens with zero attached hydrogens (tertiary/aromatic N) is 1. The number of fused-ring (bicyclic) bond motifs is 1. The van der Waals surface area contributed by atoms with Crippen molar-refractivity contribution in [2.24, 2.45) is 17.3 Å². The second-order valence-corrected chi connectivity index (χ2v) is 12.7. The van der Waals surface area contributed by atoms with Gasteiger partial charge in [-0.05, 0) is 44.8 Å². The summed E-state index contributed by atoms with van der Waals surface area (Å²) >= 11 is 1.55. The fourth-order valence-electron chi connectivity index (χ4n) is 5.32. The second kappa shape index (κ2) is 11.0. The first kappa shape index (κ1) is 28.9. The van der Waals surface area contributed by atoms with Crippen molar-refractivity contribution in [3.05, 3.63) is 21.7 Å². The first-order valence-corrected chi connectivity index (χ1v) is 13.7. The highest BCUT2D eigenvalue weighted by molar-refractivity contribution is 7.09. The number of carbonyl (C=O) groups excluding carboxylic acids is 2. The average Bonchev–Trinajstić information content (AvgIpc) is 3.21. The predicted molar refractivity (Wildman–Crippen MR) is 139 cm³/mol. The lowest BCUT2D eigenvalue weighted by Crippen LogP contribution is -2.47. The number of epoxide rings is 1. The second-order valence-electron chi connectivity index (χ2n) is 11.6. The molecule has 1 amide bonds. The molecule has 3 heterocycles. The van der Waals surface area contributed by atoms with Gasteiger partial charge in [-0.2, -0.15) is 0 Å². The summed E-state index contributed by atoms with van der Waals surface area (Å²) in [5, 5.41) is 38.5. The molecule has 8 atom stereocenters. The molecule has 1 aromatic rings. The van der Waals surface area contributed by atoms with Crippen LogP contribution in [0.25, 0.3) is 6.08 Å². The molecule has 4 N–H and O–H groups in total. The Labute approximate surface area is 218 Å². The zero-order valence-electron chi connectivity index (χ0n) is 22.4. The molecule has 3 rings (SSSR count). The van der Waals surface area contributed by atoms with E-state index in [9.17, 15) is 24.9 Å². The van der Waals surface area contributed by atoms with Crippen LogP contribution in [-0.4, -0.2) is 68.1 Å². The highest BCUT2D eigenvalue weighted by Crippen LogP contribution is 2.44. The maximum Gasteiger partial charge on any atom is 0.223 e. The third kappa shape index (κ3) is 6.61. The largest absolute Gasteiger partial charge is 0.393 e. The van der Waals surface area contributed by atoms with E-state index in [2.05, 4.69) is 10.3 Å². The van der Waals surface area contributed by atoms with E-state index < -0.39 is 35.2 Å². The SMILES string of the molecule is C/C(=C\c1csc(C)n1)[C@@H]1C[C@@H]2O[C@]2(C)CC(O)C[C@H](C)[C@H](O)[C@@H](C)C(=O)C(C)(C)[C@@H](O)CC(=O)N1. The number of aryl methyl sites for hydroxylation is 1. The molecule has 0 aromatic carbocycles. The van der Waals surface area contributed by atoms with Crippen LogP contribution in [-0.2, 0) is 14.3 Å². The Bertz CT molecular complexity index is 991. The summed E-state index contributed by atoms with van der Waals surface area (Å²) in [6.45, 7) is 12.5. The quantitative estimate of drug-likeness (QED) is 0.439. The van der Waals surface area contributed by atoms with Gasteiger partial charge in [0.05, 0.1) is 58.6 Å². The molecular formula is C27H42N2O6S. The molecule has 0 aliphatic carbocycles. The Hall–Kier alpha value is -1.65. The lowest BCUT2D eigenvalue weighted by molar-refractivity contribution is -0.143. The number of carbonyl (C=O) groups is 2. The number of aliphatic hydroxyl groups excluding tert-OH is 3. The van der Waals surface area contributed by atoms with Crippen molar-refractivity contribution in [3.63, 3.8) is 0 Å². The van der Waals surface area contributed by atoms with Crippen LogP contribution in [0.4, 0.5) is 0 Å². The maximum atomic E-state index is 13.3. The molecule has 0 saturated carbocycles. The molecule has 1 unspecified atom stereocenters. The van der Waals surface area contributed by atoms with E-state index in [-0.39, 0.29) is 36.2 Å². The van der Waals surface area contributed by atoms with E-state index in [0.717, 1.165) is 16.3 Å². The lowest BCUT2D eigenvalue weighted by atomic mass is 9.72. The van der Waals surface area contributed by atoms with Crippen LogP contribution in [0.5, 0.6) is 0 Å². The number of Topliss-reactive ketones (excluding diaryl/α,β-unsaturated/α-hetero) is 1. The van der Waals surface area contributed by atoms with Gasteiger partial charge in [-0.15, -0.1) is 11.3 Å². The highest BCUT2D eigenvalue weighted by atomic mass is 32.1. The molecule has 2 fully saturated rings. The summed E-state index contributed by atoms with van der Waals surface area (Å²) in [4.78, 5) is 30.8. The van der Waals surface area contributed by atoms with E-state index >= 15 is 0 Å². The minimum Gasteiger partial charge on any atom is -0.393 e. The van der Waals surface area contributed by atoms with Crippen LogP contribution in [0.3, 0.4) is 0 Å². The van der Waals surface area contributed by atoms with E-state index in [1.807, 2.05) is 39.2 Å². The van der Waals surface area contributed by atoms with Crippen molar-refractivity contribution in [2.45, 2.75) is 110 Å². The number of hydrogen-bond donors (Lipinski definition) is 4. The highest BCUT2D eigenvalue weighted by Gasteiger charge is 2.54. The number of aliphatic hydroxyl groups is 3. The smallest absolute Gasteiger partial charge is 0.223 e. The van der Waals surface area contributed by atoms with Gasteiger partial charge < -0.3 is 25.4 Å². The zero-order chi connectivity index (χ0) is 27.0. The van der Waals surface area contributed by atoms with E-state index in [0.29, 0.717) is 19.3 Å². The summed E-state index contributed by atoms with van der Waals surface area (Å²) < 4.78 is 6.01. The Morgan fingerprint density at radius 2 is 1.86 bits per heavy atom. The Morgan fingerprint density at radius 1 is 1.19 bits per heavy atom.